The van der Waals surface area contributed by atoms with Crippen LogP contribution in [0.1, 0.15) is 30.5 Å². The van der Waals surface area contributed by atoms with Crippen LogP contribution in [0.2, 0.25) is 0 Å². The average molecular weight is 235 g/mol. The van der Waals surface area contributed by atoms with E-state index >= 15 is 0 Å². The third-order valence-electron chi connectivity index (χ3n) is 3.10. The van der Waals surface area contributed by atoms with E-state index in [9.17, 15) is 4.79 Å². The average Bonchev–Trinajstić information content (AvgIpc) is 2.75. The zero-order valence-electron chi connectivity index (χ0n) is 10.0. The van der Waals surface area contributed by atoms with Crippen molar-refractivity contribution in [1.82, 2.24) is 9.97 Å². The van der Waals surface area contributed by atoms with Gasteiger partial charge in [-0.1, -0.05) is 0 Å². The molecule has 0 bridgehead atoms. The quantitative estimate of drug-likeness (QED) is 0.832. The summed E-state index contributed by atoms with van der Waals surface area (Å²) < 4.78 is 0. The smallest absolute Gasteiger partial charge is 0.303 e. The van der Waals surface area contributed by atoms with E-state index < -0.39 is 5.97 Å². The Hall–Kier alpha value is -1.65. The van der Waals surface area contributed by atoms with E-state index in [1.807, 2.05) is 11.9 Å². The normalized spacial score (nSPS) is 13.5. The molecule has 17 heavy (non-hydrogen) atoms. The highest BCUT2D eigenvalue weighted by Crippen LogP contribution is 2.27. The van der Waals surface area contributed by atoms with Crippen LogP contribution < -0.4 is 4.90 Å². The Morgan fingerprint density at radius 3 is 3.06 bits per heavy atom. The van der Waals surface area contributed by atoms with Crippen LogP contribution in [0.3, 0.4) is 0 Å². The first kappa shape index (κ1) is 11.8. The van der Waals surface area contributed by atoms with Crippen LogP contribution in [0.25, 0.3) is 0 Å². The molecule has 0 fully saturated rings. The van der Waals surface area contributed by atoms with Gasteiger partial charge in [-0.25, -0.2) is 9.97 Å². The minimum atomic E-state index is -0.744. The zero-order chi connectivity index (χ0) is 12.3. The first-order chi connectivity index (χ1) is 8.18. The number of hydrogen-bond donors (Lipinski definition) is 1. The number of carboxylic acids is 1. The number of anilines is 1. The van der Waals surface area contributed by atoms with Gasteiger partial charge < -0.3 is 10.0 Å². The summed E-state index contributed by atoms with van der Waals surface area (Å²) in [5.74, 6) is 0.226. The summed E-state index contributed by atoms with van der Waals surface area (Å²) in [6, 6.07) is 0. The van der Waals surface area contributed by atoms with Crippen LogP contribution in [0.15, 0.2) is 6.33 Å². The molecule has 1 aromatic heterocycles. The fraction of sp³-hybridized carbons (Fsp3) is 0.583. The van der Waals surface area contributed by atoms with Crippen molar-refractivity contribution in [3.05, 3.63) is 17.6 Å². The summed E-state index contributed by atoms with van der Waals surface area (Å²) in [7, 11) is 1.96. The summed E-state index contributed by atoms with van der Waals surface area (Å²) in [5.41, 5.74) is 2.39. The summed E-state index contributed by atoms with van der Waals surface area (Å²) in [6.45, 7) is 0.718. The lowest BCUT2D eigenvalue weighted by Crippen LogP contribution is -2.22. The molecule has 0 spiro atoms. The first-order valence-electron chi connectivity index (χ1n) is 5.94. The molecule has 0 unspecified atom stereocenters. The topological polar surface area (TPSA) is 66.3 Å². The Kier molecular flexibility index (Phi) is 3.56. The number of aryl methyl sites for hydroxylation is 1. The summed E-state index contributed by atoms with van der Waals surface area (Å²) in [4.78, 5) is 21.1. The monoisotopic (exact) mass is 235 g/mol. The van der Waals surface area contributed by atoms with Crippen molar-refractivity contribution >= 4 is 11.8 Å². The maximum atomic E-state index is 10.5. The highest BCUT2D eigenvalue weighted by molar-refractivity contribution is 5.66. The molecule has 1 N–H and O–H groups in total. The molecule has 0 aromatic carbocycles. The summed E-state index contributed by atoms with van der Waals surface area (Å²) in [5, 5.41) is 8.61. The number of fused-ring (bicyclic) bond motifs is 1. The van der Waals surface area contributed by atoms with Gasteiger partial charge in [0, 0.05) is 31.3 Å². The molecule has 1 aliphatic carbocycles. The Morgan fingerprint density at radius 1 is 1.47 bits per heavy atom. The van der Waals surface area contributed by atoms with E-state index in [-0.39, 0.29) is 6.42 Å². The van der Waals surface area contributed by atoms with Crippen molar-refractivity contribution in [1.29, 1.82) is 0 Å². The zero-order valence-corrected chi connectivity index (χ0v) is 10.0. The fourth-order valence-corrected chi connectivity index (χ4v) is 2.24. The van der Waals surface area contributed by atoms with Gasteiger partial charge in [0.25, 0.3) is 0 Å². The van der Waals surface area contributed by atoms with Crippen molar-refractivity contribution in [2.45, 2.75) is 32.1 Å². The minimum Gasteiger partial charge on any atom is -0.481 e. The van der Waals surface area contributed by atoms with Gasteiger partial charge in [-0.05, 0) is 25.7 Å². The van der Waals surface area contributed by atoms with E-state index in [0.717, 1.165) is 37.3 Å². The van der Waals surface area contributed by atoms with Gasteiger partial charge in [-0.3, -0.25) is 4.79 Å². The molecule has 1 aromatic rings. The van der Waals surface area contributed by atoms with Crippen molar-refractivity contribution in [2.24, 2.45) is 0 Å². The van der Waals surface area contributed by atoms with Gasteiger partial charge in [-0.15, -0.1) is 0 Å². The van der Waals surface area contributed by atoms with Gasteiger partial charge in [0.05, 0.1) is 0 Å². The van der Waals surface area contributed by atoms with Gasteiger partial charge in [0.2, 0.25) is 0 Å². The van der Waals surface area contributed by atoms with E-state index in [2.05, 4.69) is 9.97 Å². The molecular formula is C12H17N3O2. The standard InChI is InChI=1S/C12H17N3O2/c1-15(7-3-6-11(16)17)12-9-4-2-5-10(9)13-8-14-12/h8H,2-7H2,1H3,(H,16,17). The van der Waals surface area contributed by atoms with Crippen LogP contribution in [-0.4, -0.2) is 34.6 Å². The highest BCUT2D eigenvalue weighted by atomic mass is 16.4. The van der Waals surface area contributed by atoms with Gasteiger partial charge >= 0.3 is 5.97 Å². The number of aromatic nitrogens is 2. The Labute approximate surface area is 100 Å². The molecule has 1 aliphatic rings. The second-order valence-corrected chi connectivity index (χ2v) is 4.39. The van der Waals surface area contributed by atoms with Crippen LogP contribution in [0, 0.1) is 0 Å². The fourth-order valence-electron chi connectivity index (χ4n) is 2.24. The molecule has 0 radical (unpaired) electrons. The Bertz CT molecular complexity index is 420. The molecular weight excluding hydrogens is 218 g/mol. The number of carbonyl (C=O) groups is 1. The molecule has 0 atom stereocenters. The van der Waals surface area contributed by atoms with Crippen LogP contribution in [-0.2, 0) is 17.6 Å². The third kappa shape index (κ3) is 2.72. The predicted octanol–water partition coefficient (Wildman–Crippen LogP) is 1.27. The number of rotatable bonds is 5. The highest BCUT2D eigenvalue weighted by Gasteiger charge is 2.19. The molecule has 2 rings (SSSR count). The predicted molar refractivity (Wildman–Crippen MR) is 64.2 cm³/mol. The van der Waals surface area contributed by atoms with Crippen molar-refractivity contribution < 1.29 is 9.90 Å². The molecule has 0 amide bonds. The lowest BCUT2D eigenvalue weighted by atomic mass is 10.2. The van der Waals surface area contributed by atoms with Crippen molar-refractivity contribution in [2.75, 3.05) is 18.5 Å². The largest absolute Gasteiger partial charge is 0.481 e. The molecule has 1 heterocycles. The van der Waals surface area contributed by atoms with Gasteiger partial charge in [0.1, 0.15) is 12.1 Å². The Morgan fingerprint density at radius 2 is 2.29 bits per heavy atom. The van der Waals surface area contributed by atoms with E-state index in [1.54, 1.807) is 6.33 Å². The van der Waals surface area contributed by atoms with Crippen molar-refractivity contribution in [3.8, 4) is 0 Å². The number of nitrogens with zero attached hydrogens (tertiary/aromatic N) is 3. The molecule has 0 saturated heterocycles. The number of carboxylic acid groups (broad SMARTS) is 1. The number of hydrogen-bond acceptors (Lipinski definition) is 4. The maximum Gasteiger partial charge on any atom is 0.303 e. The first-order valence-corrected chi connectivity index (χ1v) is 5.94. The molecule has 0 aliphatic heterocycles. The summed E-state index contributed by atoms with van der Waals surface area (Å²) in [6.07, 6.45) is 5.67. The van der Waals surface area contributed by atoms with Crippen LogP contribution >= 0.6 is 0 Å². The second kappa shape index (κ2) is 5.12. The van der Waals surface area contributed by atoms with Crippen LogP contribution in [0.4, 0.5) is 5.82 Å². The molecule has 0 saturated carbocycles. The lowest BCUT2D eigenvalue weighted by molar-refractivity contribution is -0.137. The lowest BCUT2D eigenvalue weighted by Gasteiger charge is -2.20. The number of aliphatic carboxylic acids is 1. The third-order valence-corrected chi connectivity index (χ3v) is 3.10. The van der Waals surface area contributed by atoms with E-state index in [4.69, 9.17) is 5.11 Å². The van der Waals surface area contributed by atoms with Crippen molar-refractivity contribution in [3.63, 3.8) is 0 Å². The maximum absolute atomic E-state index is 10.5. The second-order valence-electron chi connectivity index (χ2n) is 4.39. The Balaban J connectivity index is 2.02. The van der Waals surface area contributed by atoms with E-state index in [0.29, 0.717) is 6.42 Å². The SMILES string of the molecule is CN(CCCC(=O)O)c1ncnc2c1CCC2. The van der Waals surface area contributed by atoms with Gasteiger partial charge in [0.15, 0.2) is 0 Å². The van der Waals surface area contributed by atoms with Gasteiger partial charge in [-0.2, -0.15) is 0 Å². The molecule has 92 valence electrons. The minimum absolute atomic E-state index is 0.206. The molecule has 5 heteroatoms. The van der Waals surface area contributed by atoms with Crippen LogP contribution in [0.5, 0.6) is 0 Å². The van der Waals surface area contributed by atoms with E-state index in [1.165, 1.54) is 5.56 Å². The molecule has 5 nitrogen and oxygen atoms in total. The summed E-state index contributed by atoms with van der Waals surface area (Å²) >= 11 is 0.